The summed E-state index contributed by atoms with van der Waals surface area (Å²) in [6.07, 6.45) is 7.57. The van der Waals surface area contributed by atoms with Gasteiger partial charge in [-0.25, -0.2) is 0 Å². The lowest BCUT2D eigenvalue weighted by molar-refractivity contribution is -0.133. The predicted molar refractivity (Wildman–Crippen MR) is 81.6 cm³/mol. The van der Waals surface area contributed by atoms with Crippen molar-refractivity contribution in [1.82, 2.24) is 10.2 Å². The van der Waals surface area contributed by atoms with E-state index in [0.29, 0.717) is 17.9 Å². The molecule has 0 aromatic rings. The van der Waals surface area contributed by atoms with Gasteiger partial charge in [0.1, 0.15) is 0 Å². The molecule has 2 unspecified atom stereocenters. The molecule has 1 saturated carbocycles. The summed E-state index contributed by atoms with van der Waals surface area (Å²) < 4.78 is 0. The van der Waals surface area contributed by atoms with Gasteiger partial charge in [0.05, 0.1) is 0 Å². The summed E-state index contributed by atoms with van der Waals surface area (Å²) >= 11 is 0. The average molecular weight is 289 g/mol. The summed E-state index contributed by atoms with van der Waals surface area (Å²) in [6.45, 7) is 7.16. The molecule has 2 atom stereocenters. The number of nitrogens with zero attached hydrogens (tertiary/aromatic N) is 1. The zero-order chi connectivity index (χ0) is 13.0. The maximum Gasteiger partial charge on any atom is 0.222 e. The first-order valence-corrected chi connectivity index (χ1v) is 7.68. The van der Waals surface area contributed by atoms with Crippen molar-refractivity contribution in [2.75, 3.05) is 19.6 Å². The summed E-state index contributed by atoms with van der Waals surface area (Å²) in [6, 6.07) is 0.452. The first-order chi connectivity index (χ1) is 8.66. The normalized spacial score (nSPS) is 26.6. The maximum atomic E-state index is 12.3. The van der Waals surface area contributed by atoms with Crippen LogP contribution in [-0.2, 0) is 4.79 Å². The van der Waals surface area contributed by atoms with Gasteiger partial charge in [-0.15, -0.1) is 12.4 Å². The highest BCUT2D eigenvalue weighted by molar-refractivity contribution is 5.85. The Morgan fingerprint density at radius 3 is 2.63 bits per heavy atom. The molecule has 1 N–H and O–H groups in total. The SMILES string of the molecule is CC1CN(C(=O)CC(C)C2CCCCC2)CCN1.Cl. The second-order valence-electron chi connectivity index (χ2n) is 6.27. The molecular formula is C15H29ClN2O. The minimum atomic E-state index is 0. The number of amides is 1. The smallest absolute Gasteiger partial charge is 0.222 e. The lowest BCUT2D eigenvalue weighted by atomic mass is 9.79. The van der Waals surface area contributed by atoms with Crippen molar-refractivity contribution in [2.45, 2.75) is 58.4 Å². The van der Waals surface area contributed by atoms with Gasteiger partial charge in [0.2, 0.25) is 5.91 Å². The van der Waals surface area contributed by atoms with Gasteiger partial charge in [-0.05, 0) is 18.8 Å². The zero-order valence-corrected chi connectivity index (χ0v) is 13.2. The van der Waals surface area contributed by atoms with E-state index >= 15 is 0 Å². The molecule has 1 saturated heterocycles. The molecule has 0 bridgehead atoms. The van der Waals surface area contributed by atoms with Crippen LogP contribution in [0.3, 0.4) is 0 Å². The molecule has 0 aromatic carbocycles. The van der Waals surface area contributed by atoms with Crippen molar-refractivity contribution in [1.29, 1.82) is 0 Å². The molecule has 0 aromatic heterocycles. The van der Waals surface area contributed by atoms with Crippen molar-refractivity contribution in [3.05, 3.63) is 0 Å². The molecule has 2 aliphatic rings. The minimum Gasteiger partial charge on any atom is -0.340 e. The predicted octanol–water partition coefficient (Wildman–Crippen LogP) is 2.84. The highest BCUT2D eigenvalue weighted by atomic mass is 35.5. The second-order valence-corrected chi connectivity index (χ2v) is 6.27. The Kier molecular flexibility index (Phi) is 7.16. The lowest BCUT2D eigenvalue weighted by Gasteiger charge is -2.34. The van der Waals surface area contributed by atoms with E-state index in [0.717, 1.165) is 32.0 Å². The maximum absolute atomic E-state index is 12.3. The Bertz CT molecular complexity index is 279. The Morgan fingerprint density at radius 1 is 1.32 bits per heavy atom. The molecule has 0 radical (unpaired) electrons. The van der Waals surface area contributed by atoms with E-state index in [9.17, 15) is 4.79 Å². The molecule has 2 fully saturated rings. The van der Waals surface area contributed by atoms with Crippen LogP contribution in [0.1, 0.15) is 52.4 Å². The molecule has 112 valence electrons. The van der Waals surface area contributed by atoms with Gasteiger partial charge in [0, 0.05) is 32.1 Å². The van der Waals surface area contributed by atoms with Gasteiger partial charge < -0.3 is 10.2 Å². The summed E-state index contributed by atoms with van der Waals surface area (Å²) in [5, 5.41) is 3.39. The van der Waals surface area contributed by atoms with Crippen molar-refractivity contribution >= 4 is 18.3 Å². The van der Waals surface area contributed by atoms with Crippen LogP contribution in [0.5, 0.6) is 0 Å². The summed E-state index contributed by atoms with van der Waals surface area (Å²) in [4.78, 5) is 14.4. The number of hydrogen-bond donors (Lipinski definition) is 1. The van der Waals surface area contributed by atoms with Crippen LogP contribution in [0.15, 0.2) is 0 Å². The third kappa shape index (κ3) is 4.96. The molecule has 1 aliphatic heterocycles. The van der Waals surface area contributed by atoms with E-state index in [-0.39, 0.29) is 12.4 Å². The van der Waals surface area contributed by atoms with Crippen molar-refractivity contribution in [2.24, 2.45) is 11.8 Å². The number of carbonyl (C=O) groups is 1. The summed E-state index contributed by atoms with van der Waals surface area (Å²) in [5.41, 5.74) is 0. The van der Waals surface area contributed by atoms with E-state index in [1.807, 2.05) is 0 Å². The molecule has 1 heterocycles. The Labute approximate surface area is 123 Å². The number of nitrogens with one attached hydrogen (secondary N) is 1. The zero-order valence-electron chi connectivity index (χ0n) is 12.4. The van der Waals surface area contributed by atoms with E-state index in [2.05, 4.69) is 24.1 Å². The van der Waals surface area contributed by atoms with E-state index < -0.39 is 0 Å². The lowest BCUT2D eigenvalue weighted by Crippen LogP contribution is -2.51. The molecular weight excluding hydrogens is 260 g/mol. The second kappa shape index (κ2) is 8.11. The highest BCUT2D eigenvalue weighted by Gasteiger charge is 2.26. The van der Waals surface area contributed by atoms with Crippen LogP contribution in [0.2, 0.25) is 0 Å². The molecule has 1 amide bonds. The quantitative estimate of drug-likeness (QED) is 0.866. The number of piperazine rings is 1. The van der Waals surface area contributed by atoms with Gasteiger partial charge in [-0.2, -0.15) is 0 Å². The van der Waals surface area contributed by atoms with Crippen LogP contribution in [0.25, 0.3) is 0 Å². The third-order valence-corrected chi connectivity index (χ3v) is 4.67. The van der Waals surface area contributed by atoms with Gasteiger partial charge in [-0.3, -0.25) is 4.79 Å². The topological polar surface area (TPSA) is 32.3 Å². The van der Waals surface area contributed by atoms with E-state index in [4.69, 9.17) is 0 Å². The number of carbonyl (C=O) groups excluding carboxylic acids is 1. The number of hydrogen-bond acceptors (Lipinski definition) is 2. The van der Waals surface area contributed by atoms with E-state index in [1.165, 1.54) is 32.1 Å². The van der Waals surface area contributed by atoms with Crippen LogP contribution < -0.4 is 5.32 Å². The van der Waals surface area contributed by atoms with Gasteiger partial charge in [0.25, 0.3) is 0 Å². The van der Waals surface area contributed by atoms with Crippen LogP contribution in [-0.4, -0.2) is 36.5 Å². The Balaban J connectivity index is 0.00000180. The van der Waals surface area contributed by atoms with Crippen molar-refractivity contribution in [3.63, 3.8) is 0 Å². The monoisotopic (exact) mass is 288 g/mol. The Hall–Kier alpha value is -0.280. The van der Waals surface area contributed by atoms with Crippen LogP contribution in [0.4, 0.5) is 0 Å². The number of halogens is 1. The van der Waals surface area contributed by atoms with Gasteiger partial charge in [-0.1, -0.05) is 39.0 Å². The standard InChI is InChI=1S/C15H28N2O.ClH/c1-12(14-6-4-3-5-7-14)10-15(18)17-9-8-16-13(2)11-17;/h12-14,16H,3-11H2,1-2H3;1H. The summed E-state index contributed by atoms with van der Waals surface area (Å²) in [7, 11) is 0. The Morgan fingerprint density at radius 2 is 2.00 bits per heavy atom. The molecule has 0 spiro atoms. The molecule has 19 heavy (non-hydrogen) atoms. The molecule has 1 aliphatic carbocycles. The molecule has 4 heteroatoms. The summed E-state index contributed by atoms with van der Waals surface area (Å²) in [5.74, 6) is 1.74. The first kappa shape index (κ1) is 16.8. The van der Waals surface area contributed by atoms with E-state index in [1.54, 1.807) is 0 Å². The third-order valence-electron chi connectivity index (χ3n) is 4.67. The molecule has 3 nitrogen and oxygen atoms in total. The van der Waals surface area contributed by atoms with Crippen molar-refractivity contribution < 1.29 is 4.79 Å². The number of rotatable bonds is 3. The largest absolute Gasteiger partial charge is 0.340 e. The fraction of sp³-hybridized carbons (Fsp3) is 0.933. The van der Waals surface area contributed by atoms with Crippen molar-refractivity contribution in [3.8, 4) is 0 Å². The fourth-order valence-electron chi connectivity index (χ4n) is 3.43. The van der Waals surface area contributed by atoms with Gasteiger partial charge in [0.15, 0.2) is 0 Å². The molecule has 2 rings (SSSR count). The average Bonchev–Trinajstić information content (AvgIpc) is 2.39. The van der Waals surface area contributed by atoms with Gasteiger partial charge >= 0.3 is 0 Å². The fourth-order valence-corrected chi connectivity index (χ4v) is 3.43. The minimum absolute atomic E-state index is 0. The highest BCUT2D eigenvalue weighted by Crippen LogP contribution is 2.31. The first-order valence-electron chi connectivity index (χ1n) is 7.68. The van der Waals surface area contributed by atoms with Crippen LogP contribution >= 0.6 is 12.4 Å². The van der Waals surface area contributed by atoms with Crippen LogP contribution in [0, 0.1) is 11.8 Å².